The number of hydrogen-bond acceptors (Lipinski definition) is 19. The summed E-state index contributed by atoms with van der Waals surface area (Å²) in [7, 11) is 0. The number of ketones is 4. The largest absolute Gasteiger partial charge is 0.486 e. The molecule has 24 nitrogen and oxygen atoms in total. The number of oxazole rings is 1. The second-order valence-electron chi connectivity index (χ2n) is 33.0. The minimum atomic E-state index is -0.594. The Bertz CT molecular complexity index is 5180. The first-order chi connectivity index (χ1) is 54.6. The summed E-state index contributed by atoms with van der Waals surface area (Å²) in [6.07, 6.45) is 17.8. The van der Waals surface area contributed by atoms with E-state index in [0.29, 0.717) is 87.1 Å². The molecule has 12 fully saturated rings. The number of aromatic nitrogens is 4. The molecule has 0 unspecified atom stereocenters. The Labute approximate surface area is 680 Å². The minimum absolute atomic E-state index is 0.00138. The molecule has 5 aromatic carbocycles. The van der Waals surface area contributed by atoms with Gasteiger partial charge in [-0.2, -0.15) is 0 Å². The van der Waals surface area contributed by atoms with Crippen LogP contribution in [0.4, 0.5) is 14.5 Å². The fraction of sp³-hybridized carbons (Fsp3) is 0.400. The fourth-order valence-electron chi connectivity index (χ4n) is 18.7. The molecule has 12 aliphatic carbocycles. The Morgan fingerprint density at radius 2 is 0.922 bits per heavy atom. The Balaban J connectivity index is 0.000000127. The van der Waals surface area contributed by atoms with Gasteiger partial charge in [-0.25, -0.2) is 23.7 Å². The molecule has 4 heterocycles. The summed E-state index contributed by atoms with van der Waals surface area (Å²) >= 11 is 23.2. The van der Waals surface area contributed by atoms with Gasteiger partial charge in [-0.05, 0) is 234 Å². The molecule has 12 saturated carbocycles. The monoisotopic (exact) mass is 1650 g/mol. The molecule has 5 N–H and O–H groups in total. The molecule has 1 aliphatic heterocycles. The summed E-state index contributed by atoms with van der Waals surface area (Å²) in [6, 6.07) is 27.3. The molecule has 115 heavy (non-hydrogen) atoms. The number of carbonyl (C=O) groups is 9. The average Bonchev–Trinajstić information content (AvgIpc) is 1.02. The summed E-state index contributed by atoms with van der Waals surface area (Å²) in [5, 5.41) is 16.2. The van der Waals surface area contributed by atoms with E-state index in [1.165, 1.54) is 24.3 Å². The number of anilines is 1. The van der Waals surface area contributed by atoms with Gasteiger partial charge in [0.2, 0.25) is 5.82 Å². The third-order valence-electron chi connectivity index (χ3n) is 22.9. The number of Topliss-reactive ketones (excluding diaryl/α,β-unsaturated/α-hetero) is 4. The zero-order valence-corrected chi connectivity index (χ0v) is 66.7. The fourth-order valence-corrected chi connectivity index (χ4v) is 19.1. The van der Waals surface area contributed by atoms with Crippen LogP contribution < -0.4 is 50.3 Å². The third kappa shape index (κ3) is 18.3. The summed E-state index contributed by atoms with van der Waals surface area (Å²) in [4.78, 5) is 126. The lowest BCUT2D eigenvalue weighted by Gasteiger charge is -2.70. The van der Waals surface area contributed by atoms with E-state index in [2.05, 4.69) is 46.5 Å². The summed E-state index contributed by atoms with van der Waals surface area (Å²) < 4.78 is 59.3. The molecule has 3 aromatic heterocycles. The Morgan fingerprint density at radius 3 is 1.37 bits per heavy atom. The highest BCUT2D eigenvalue weighted by molar-refractivity contribution is 6.32. The van der Waals surface area contributed by atoms with Crippen molar-refractivity contribution in [2.45, 2.75) is 160 Å². The van der Waals surface area contributed by atoms with Crippen molar-refractivity contribution >= 4 is 105 Å². The molecule has 30 heteroatoms. The highest BCUT2D eigenvalue weighted by Crippen LogP contribution is 2.72. The van der Waals surface area contributed by atoms with Crippen LogP contribution >= 0.6 is 46.4 Å². The van der Waals surface area contributed by atoms with Gasteiger partial charge >= 0.3 is 0 Å². The van der Waals surface area contributed by atoms with Gasteiger partial charge in [0.15, 0.2) is 48.8 Å². The molecule has 13 aliphatic rings. The molecule has 0 spiro atoms. The van der Waals surface area contributed by atoms with Crippen LogP contribution in [0.3, 0.4) is 0 Å². The molecular formula is C85H83Cl4F2N9O15. The van der Waals surface area contributed by atoms with Crippen LogP contribution in [0.15, 0.2) is 132 Å². The molecule has 0 radical (unpaired) electrons. The maximum atomic E-state index is 13.4. The highest BCUT2D eigenvalue weighted by atomic mass is 35.5. The van der Waals surface area contributed by atoms with E-state index >= 15 is 0 Å². The quantitative estimate of drug-likeness (QED) is 0.0284. The van der Waals surface area contributed by atoms with Gasteiger partial charge in [0.1, 0.15) is 65.0 Å². The minimum Gasteiger partial charge on any atom is -0.486 e. The lowest BCUT2D eigenvalue weighted by atomic mass is 9.38. The number of benzene rings is 5. The molecule has 600 valence electrons. The zero-order valence-electron chi connectivity index (χ0n) is 63.7. The van der Waals surface area contributed by atoms with Gasteiger partial charge in [-0.15, -0.1) is 0 Å². The smallest absolute Gasteiger partial charge is 0.289 e. The van der Waals surface area contributed by atoms with Crippen molar-refractivity contribution in [3.63, 3.8) is 0 Å². The predicted octanol–water partition coefficient (Wildman–Crippen LogP) is 14.4. The maximum absolute atomic E-state index is 13.4. The van der Waals surface area contributed by atoms with Crippen LogP contribution in [0.5, 0.6) is 28.7 Å². The number of ether oxygens (including phenoxy) is 5. The lowest BCUT2D eigenvalue weighted by Crippen LogP contribution is -2.75. The summed E-state index contributed by atoms with van der Waals surface area (Å²) in [5.74, 6) is 1.38. The van der Waals surface area contributed by atoms with Crippen molar-refractivity contribution in [3.05, 3.63) is 211 Å². The highest BCUT2D eigenvalue weighted by Gasteiger charge is 2.71. The van der Waals surface area contributed by atoms with E-state index in [4.69, 9.17) is 74.5 Å². The Hall–Kier alpha value is -10.4. The summed E-state index contributed by atoms with van der Waals surface area (Å²) in [6.45, 7) is 8.80. The first kappa shape index (κ1) is 81.2. The second kappa shape index (κ2) is 32.0. The SMILES string of the molecule is Cc1cc(OCC(=O)CC23CC(NC(=O)c4ccc5c(c4)OCC(=O)N5)(C2)C3)ccc1Cl.Cc1cc(OCC(=O)CC23CC(NC(=O)c4ncccn4)(C2)C3)ccc1Cl.Cc1cncc(C(=O)CC23CC(NC(=O)COc4ccc(Cl)c(F)c4)(C2)C3)c1.Cc1nc(C(=O)CC23CC(NC(=O)COc4ccc(Cl)c(F)c4)(C2)C3)c(C)o1. The van der Waals surface area contributed by atoms with Crippen LogP contribution in [0.25, 0.3) is 0 Å². The van der Waals surface area contributed by atoms with Gasteiger partial charge in [0.25, 0.3) is 29.5 Å². The number of carbonyl (C=O) groups excluding carboxylic acids is 9. The Morgan fingerprint density at radius 1 is 0.487 bits per heavy atom. The second-order valence-corrected chi connectivity index (χ2v) is 34.6. The van der Waals surface area contributed by atoms with E-state index in [0.717, 1.165) is 106 Å². The van der Waals surface area contributed by atoms with Crippen LogP contribution in [0, 0.1) is 67.9 Å². The van der Waals surface area contributed by atoms with Crippen molar-refractivity contribution in [3.8, 4) is 28.7 Å². The van der Waals surface area contributed by atoms with Crippen molar-refractivity contribution in [1.82, 2.24) is 41.2 Å². The lowest BCUT2D eigenvalue weighted by molar-refractivity contribution is -0.165. The molecular weight excluding hydrogens is 1570 g/mol. The third-order valence-corrected chi connectivity index (χ3v) is 24.4. The van der Waals surface area contributed by atoms with Crippen molar-refractivity contribution in [2.75, 3.05) is 38.4 Å². The molecule has 0 atom stereocenters. The van der Waals surface area contributed by atoms with Crippen LogP contribution in [0.2, 0.25) is 20.1 Å². The van der Waals surface area contributed by atoms with Gasteiger partial charge in [-0.1, -0.05) is 46.4 Å². The predicted molar refractivity (Wildman–Crippen MR) is 419 cm³/mol. The molecule has 5 amide bonds. The number of hydrogen-bond donors (Lipinski definition) is 5. The van der Waals surface area contributed by atoms with Gasteiger partial charge in [-0.3, -0.25) is 48.1 Å². The molecule has 21 rings (SSSR count). The van der Waals surface area contributed by atoms with Gasteiger partial charge in [0.05, 0.1) is 15.7 Å². The number of aryl methyl sites for hydroxylation is 5. The van der Waals surface area contributed by atoms with Crippen molar-refractivity contribution in [1.29, 1.82) is 0 Å². The van der Waals surface area contributed by atoms with Crippen molar-refractivity contribution in [2.24, 2.45) is 21.7 Å². The van der Waals surface area contributed by atoms with Crippen LogP contribution in [-0.2, 0) is 24.0 Å². The topological polar surface area (TPSA) is 325 Å². The van der Waals surface area contributed by atoms with E-state index in [9.17, 15) is 51.9 Å². The zero-order chi connectivity index (χ0) is 81.6. The first-order valence-corrected chi connectivity index (χ1v) is 39.1. The van der Waals surface area contributed by atoms with Crippen LogP contribution in [0.1, 0.15) is 173 Å². The summed E-state index contributed by atoms with van der Waals surface area (Å²) in [5.41, 5.74) is 3.94. The molecule has 0 saturated heterocycles. The normalized spacial score (nSPS) is 24.8. The van der Waals surface area contributed by atoms with E-state index in [1.54, 1.807) is 87.2 Å². The van der Waals surface area contributed by atoms with Crippen LogP contribution in [-0.4, -0.2) is 128 Å². The Kier molecular flexibility index (Phi) is 22.6. The van der Waals surface area contributed by atoms with Gasteiger partial charge in [0, 0.05) is 113 Å². The average molecular weight is 1650 g/mol. The van der Waals surface area contributed by atoms with E-state index < -0.39 is 11.6 Å². The number of halogens is 6. The number of rotatable bonds is 28. The van der Waals surface area contributed by atoms with E-state index in [-0.39, 0.29) is 157 Å². The standard InChI is InChI=1S/C24H23ClN2O5.C21H20ClFN2O3.C20H20ClFN2O4.C20H20ClN3O3/c1-14-6-17(3-4-18(14)25)31-9-16(28)8-23-11-24(12-23,13-23)27-22(30)15-2-5-19-20(7-15)32-10-21(29)26-19;1-13-4-14(8-24-7-13)18(26)6-20-10-21(11-20,12-20)25-19(27)9-28-15-2-3-16(22)17(23)5-15;1-11-18(23-12(2)28-11)16(25)6-19-8-20(9-19,10-19)24-17(26)7-27-13-3-4-14(21)15(22)5-13;1-13-7-15(3-4-16(13)21)27-9-14(25)8-19-10-20(11-19,12-19)24-18(26)17-22-5-2-6-23-17/h2-7H,8-13H2,1H3,(H,26,29)(H,27,30);2-5,7-8H,6,9-12H2,1H3,(H,25,27);3-5H,6-10H2,1-2H3,(H,24,26);2-7H,8-12H2,1H3,(H,24,26). The van der Waals surface area contributed by atoms with Gasteiger partial charge < -0.3 is 54.7 Å². The first-order valence-electron chi connectivity index (χ1n) is 37.6. The number of nitrogens with one attached hydrogen (secondary N) is 5. The maximum Gasteiger partial charge on any atom is 0.289 e. The number of amides is 5. The van der Waals surface area contributed by atoms with E-state index in [1.807, 2.05) is 39.0 Å². The van der Waals surface area contributed by atoms with Crippen molar-refractivity contribution < 1.29 is 80.0 Å². The molecule has 8 bridgehead atoms. The number of nitrogens with zero attached hydrogens (tertiary/aromatic N) is 4. The number of fused-ring (bicyclic) bond motifs is 1. The molecule has 8 aromatic rings. The number of pyridine rings is 1.